The predicted molar refractivity (Wildman–Crippen MR) is 27.0 cm³/mol. The molecule has 0 aliphatic rings. The van der Waals surface area contributed by atoms with Gasteiger partial charge in [-0.1, -0.05) is 34.8 Å². The molecule has 0 aromatic heterocycles. The van der Waals surface area contributed by atoms with E-state index in [0.29, 0.717) is 0 Å². The standard InChI is InChI=1S/C2Cl3N.Na.H/c3-2(4,5)1-6;;/q;+1;-1. The molecule has 0 aliphatic carbocycles. The van der Waals surface area contributed by atoms with Crippen molar-refractivity contribution in [2.24, 2.45) is 0 Å². The zero-order valence-electron chi connectivity index (χ0n) is 4.58. The van der Waals surface area contributed by atoms with Crippen molar-refractivity contribution in [3.05, 3.63) is 0 Å². The fraction of sp³-hybridized carbons (Fsp3) is 0.500. The number of hydrogen-bond acceptors (Lipinski definition) is 1. The molecule has 0 heterocycles. The summed E-state index contributed by atoms with van der Waals surface area (Å²) in [6.07, 6.45) is 0. The van der Waals surface area contributed by atoms with Crippen molar-refractivity contribution in [3.8, 4) is 6.07 Å². The summed E-state index contributed by atoms with van der Waals surface area (Å²) >= 11 is 14.7. The summed E-state index contributed by atoms with van der Waals surface area (Å²) in [7, 11) is 0. The molecule has 0 amide bonds. The van der Waals surface area contributed by atoms with E-state index in [2.05, 4.69) is 0 Å². The number of nitriles is 1. The van der Waals surface area contributed by atoms with Crippen LogP contribution in [0.4, 0.5) is 0 Å². The van der Waals surface area contributed by atoms with Gasteiger partial charge in [0.25, 0.3) is 3.79 Å². The zero-order valence-corrected chi connectivity index (χ0v) is 7.85. The maximum absolute atomic E-state index is 7.76. The van der Waals surface area contributed by atoms with E-state index in [-0.39, 0.29) is 31.0 Å². The van der Waals surface area contributed by atoms with Crippen molar-refractivity contribution >= 4 is 34.8 Å². The topological polar surface area (TPSA) is 23.8 Å². The molecule has 0 aromatic carbocycles. The summed E-state index contributed by atoms with van der Waals surface area (Å²) < 4.78 is -1.74. The van der Waals surface area contributed by atoms with Gasteiger partial charge in [-0.3, -0.25) is 0 Å². The Bertz CT molecular complexity index is 84.3. The summed E-state index contributed by atoms with van der Waals surface area (Å²) in [6.45, 7) is 0. The molecule has 0 saturated carbocycles. The second-order valence-corrected chi connectivity index (χ2v) is 2.89. The van der Waals surface area contributed by atoms with Crippen molar-refractivity contribution in [1.29, 1.82) is 5.26 Å². The van der Waals surface area contributed by atoms with Gasteiger partial charge in [-0.2, -0.15) is 5.26 Å². The van der Waals surface area contributed by atoms with Crippen LogP contribution in [-0.4, -0.2) is 3.79 Å². The zero-order chi connectivity index (χ0) is 5.21. The van der Waals surface area contributed by atoms with Gasteiger partial charge in [-0.05, 0) is 0 Å². The van der Waals surface area contributed by atoms with E-state index < -0.39 is 3.79 Å². The minimum absolute atomic E-state index is 0. The minimum Gasteiger partial charge on any atom is -1.00 e. The molecule has 7 heavy (non-hydrogen) atoms. The molecule has 0 fully saturated rings. The van der Waals surface area contributed by atoms with Crippen LogP contribution in [0.5, 0.6) is 0 Å². The molecular formula is C2HCl3NNa. The third-order valence-electron chi connectivity index (χ3n) is 0.127. The van der Waals surface area contributed by atoms with Crippen LogP contribution in [0.15, 0.2) is 0 Å². The number of alkyl halides is 3. The first kappa shape index (κ1) is 11.2. The molecule has 5 heteroatoms. The first-order chi connectivity index (χ1) is 2.56. The van der Waals surface area contributed by atoms with Crippen LogP contribution in [-0.2, 0) is 0 Å². The maximum Gasteiger partial charge on any atom is 1.00 e. The molecule has 0 aliphatic heterocycles. The van der Waals surface area contributed by atoms with Gasteiger partial charge in [0.2, 0.25) is 0 Å². The number of nitrogens with zero attached hydrogens (tertiary/aromatic N) is 1. The van der Waals surface area contributed by atoms with Crippen molar-refractivity contribution in [2.45, 2.75) is 3.79 Å². The van der Waals surface area contributed by atoms with Gasteiger partial charge in [0.15, 0.2) is 0 Å². The Hall–Kier alpha value is 1.36. The SMILES string of the molecule is N#CC(Cl)(Cl)Cl.[H-].[Na+]. The summed E-state index contributed by atoms with van der Waals surface area (Å²) in [5, 5.41) is 7.76. The van der Waals surface area contributed by atoms with Crippen LogP contribution < -0.4 is 29.6 Å². The summed E-state index contributed by atoms with van der Waals surface area (Å²) in [5.41, 5.74) is 0. The van der Waals surface area contributed by atoms with E-state index in [0.717, 1.165) is 0 Å². The van der Waals surface area contributed by atoms with Crippen LogP contribution in [0, 0.1) is 11.3 Å². The molecule has 0 radical (unpaired) electrons. The number of rotatable bonds is 0. The largest absolute Gasteiger partial charge is 1.00 e. The molecule has 36 valence electrons. The van der Waals surface area contributed by atoms with Crippen molar-refractivity contribution in [1.82, 2.24) is 0 Å². The molecule has 0 N–H and O–H groups in total. The van der Waals surface area contributed by atoms with Gasteiger partial charge in [0.05, 0.1) is 0 Å². The summed E-state index contributed by atoms with van der Waals surface area (Å²) in [4.78, 5) is 0. The smallest absolute Gasteiger partial charge is 1.00 e. The van der Waals surface area contributed by atoms with E-state index in [1.807, 2.05) is 0 Å². The molecule has 0 aromatic rings. The molecule has 1 nitrogen and oxygen atoms in total. The summed E-state index contributed by atoms with van der Waals surface area (Å²) in [5.74, 6) is 0. The van der Waals surface area contributed by atoms with Crippen LogP contribution >= 0.6 is 34.8 Å². The fourth-order valence-corrected chi connectivity index (χ4v) is 0. The fourth-order valence-electron chi connectivity index (χ4n) is 0. The van der Waals surface area contributed by atoms with Crippen LogP contribution in [0.1, 0.15) is 1.43 Å². The Morgan fingerprint density at radius 3 is 1.57 bits per heavy atom. The van der Waals surface area contributed by atoms with Gasteiger partial charge in [0.1, 0.15) is 6.07 Å². The maximum atomic E-state index is 7.76. The van der Waals surface area contributed by atoms with E-state index in [1.165, 1.54) is 6.07 Å². The number of hydrogen-bond donors (Lipinski definition) is 0. The van der Waals surface area contributed by atoms with E-state index >= 15 is 0 Å². The Morgan fingerprint density at radius 1 is 1.43 bits per heavy atom. The second-order valence-electron chi connectivity index (χ2n) is 0.610. The summed E-state index contributed by atoms with van der Waals surface area (Å²) in [6, 6.07) is 1.40. The average Bonchev–Trinajstić information content (AvgIpc) is 1.35. The van der Waals surface area contributed by atoms with Gasteiger partial charge >= 0.3 is 29.6 Å². The Morgan fingerprint density at radius 2 is 1.57 bits per heavy atom. The Kier molecular flexibility index (Phi) is 6.81. The van der Waals surface area contributed by atoms with Crippen molar-refractivity contribution < 1.29 is 31.0 Å². The van der Waals surface area contributed by atoms with Gasteiger partial charge in [-0.15, -0.1) is 0 Å². The molecule has 0 saturated heterocycles. The molecule has 0 atom stereocenters. The van der Waals surface area contributed by atoms with Crippen LogP contribution in [0.2, 0.25) is 0 Å². The number of halogens is 3. The monoisotopic (exact) mass is 167 g/mol. The third kappa shape index (κ3) is 11.1. The molecular weight excluding hydrogens is 167 g/mol. The predicted octanol–water partition coefficient (Wildman–Crippen LogP) is -1.00. The first-order valence-electron chi connectivity index (χ1n) is 1.04. The van der Waals surface area contributed by atoms with Crippen LogP contribution in [0.3, 0.4) is 0 Å². The van der Waals surface area contributed by atoms with Crippen molar-refractivity contribution in [2.75, 3.05) is 0 Å². The average molecular weight is 168 g/mol. The third-order valence-corrected chi connectivity index (χ3v) is 0.380. The molecule has 0 spiro atoms. The van der Waals surface area contributed by atoms with Crippen LogP contribution in [0.25, 0.3) is 0 Å². The van der Waals surface area contributed by atoms with E-state index in [4.69, 9.17) is 40.1 Å². The minimum atomic E-state index is -1.74. The molecule has 0 unspecified atom stereocenters. The molecule has 0 bridgehead atoms. The van der Waals surface area contributed by atoms with Gasteiger partial charge in [0, 0.05) is 0 Å². The van der Waals surface area contributed by atoms with E-state index in [9.17, 15) is 0 Å². The Labute approximate surface area is 80.3 Å². The first-order valence-corrected chi connectivity index (χ1v) is 2.17. The van der Waals surface area contributed by atoms with Gasteiger partial charge < -0.3 is 1.43 Å². The normalized spacial score (nSPS) is 8.86. The Balaban J connectivity index is -0.000000125. The van der Waals surface area contributed by atoms with Crippen molar-refractivity contribution in [3.63, 3.8) is 0 Å². The van der Waals surface area contributed by atoms with Gasteiger partial charge in [-0.25, -0.2) is 0 Å². The quantitative estimate of drug-likeness (QED) is 0.336. The second kappa shape index (κ2) is 4.26. The van der Waals surface area contributed by atoms with E-state index in [1.54, 1.807) is 0 Å². The molecule has 0 rings (SSSR count).